The molecular weight excluding hydrogens is 522 g/mol. The third-order valence-electron chi connectivity index (χ3n) is 6.67. The molecule has 0 saturated carbocycles. The van der Waals surface area contributed by atoms with Gasteiger partial charge in [0.1, 0.15) is 22.9 Å². The van der Waals surface area contributed by atoms with Gasteiger partial charge in [0.2, 0.25) is 5.75 Å². The SMILES string of the molecule is CCc1cccc(CNC[C@H](O)[C@H](Cc2cc(F)cc(F)c2)NC(=O)c2c(O)c(OC)c3occc3c2OC)c1. The van der Waals surface area contributed by atoms with Crippen molar-refractivity contribution in [2.45, 2.75) is 38.5 Å². The topological polar surface area (TPSA) is 113 Å². The van der Waals surface area contributed by atoms with Crippen LogP contribution in [-0.4, -0.2) is 49.0 Å². The molecule has 2 atom stereocenters. The van der Waals surface area contributed by atoms with Gasteiger partial charge in [0.05, 0.1) is 38.0 Å². The summed E-state index contributed by atoms with van der Waals surface area (Å²) in [5, 5.41) is 28.3. The van der Waals surface area contributed by atoms with Crippen molar-refractivity contribution in [3.8, 4) is 17.2 Å². The van der Waals surface area contributed by atoms with Gasteiger partial charge in [0, 0.05) is 19.2 Å². The average Bonchev–Trinajstić information content (AvgIpc) is 3.41. The fourth-order valence-corrected chi connectivity index (χ4v) is 4.71. The van der Waals surface area contributed by atoms with Gasteiger partial charge < -0.3 is 34.7 Å². The number of aromatic hydroxyl groups is 1. The number of nitrogens with one attached hydrogen (secondary N) is 2. The molecule has 212 valence electrons. The number of aryl methyl sites for hydroxylation is 1. The molecule has 0 unspecified atom stereocenters. The Morgan fingerprint density at radius 3 is 2.38 bits per heavy atom. The van der Waals surface area contributed by atoms with E-state index in [-0.39, 0.29) is 41.2 Å². The summed E-state index contributed by atoms with van der Waals surface area (Å²) in [7, 11) is 2.65. The first-order valence-corrected chi connectivity index (χ1v) is 12.8. The summed E-state index contributed by atoms with van der Waals surface area (Å²) in [6.07, 6.45) is 0.991. The molecule has 0 aliphatic rings. The summed E-state index contributed by atoms with van der Waals surface area (Å²) in [5.74, 6) is -2.88. The van der Waals surface area contributed by atoms with E-state index in [1.807, 2.05) is 18.2 Å². The fourth-order valence-electron chi connectivity index (χ4n) is 4.71. The molecule has 0 aliphatic heterocycles. The van der Waals surface area contributed by atoms with Crippen LogP contribution in [-0.2, 0) is 19.4 Å². The van der Waals surface area contributed by atoms with E-state index in [2.05, 4.69) is 23.6 Å². The van der Waals surface area contributed by atoms with Gasteiger partial charge in [0.15, 0.2) is 11.3 Å². The first-order chi connectivity index (χ1) is 19.2. The highest BCUT2D eigenvalue weighted by Crippen LogP contribution is 2.45. The number of amides is 1. The van der Waals surface area contributed by atoms with E-state index in [9.17, 15) is 23.8 Å². The maximum absolute atomic E-state index is 13.9. The molecule has 10 heteroatoms. The molecule has 8 nitrogen and oxygen atoms in total. The number of phenols is 1. The Hall–Kier alpha value is -4.15. The van der Waals surface area contributed by atoms with Crippen molar-refractivity contribution in [2.24, 2.45) is 0 Å². The highest BCUT2D eigenvalue weighted by Gasteiger charge is 2.30. The maximum Gasteiger partial charge on any atom is 0.259 e. The monoisotopic (exact) mass is 554 g/mol. The lowest BCUT2D eigenvalue weighted by molar-refractivity contribution is 0.0824. The zero-order valence-corrected chi connectivity index (χ0v) is 22.5. The normalized spacial score (nSPS) is 12.8. The van der Waals surface area contributed by atoms with Gasteiger partial charge in [0.25, 0.3) is 5.91 Å². The Kier molecular flexibility index (Phi) is 9.23. The Morgan fingerprint density at radius 1 is 1.00 bits per heavy atom. The molecule has 1 amide bonds. The van der Waals surface area contributed by atoms with Gasteiger partial charge in [-0.2, -0.15) is 0 Å². The lowest BCUT2D eigenvalue weighted by Crippen LogP contribution is -2.48. The van der Waals surface area contributed by atoms with Crippen molar-refractivity contribution in [3.05, 3.63) is 88.7 Å². The zero-order chi connectivity index (χ0) is 28.8. The fraction of sp³-hybridized carbons (Fsp3) is 0.300. The summed E-state index contributed by atoms with van der Waals surface area (Å²) in [6.45, 7) is 2.58. The summed E-state index contributed by atoms with van der Waals surface area (Å²) < 4.78 is 44.0. The predicted molar refractivity (Wildman–Crippen MR) is 146 cm³/mol. The largest absolute Gasteiger partial charge is 0.504 e. The van der Waals surface area contributed by atoms with Crippen LogP contribution in [0.3, 0.4) is 0 Å². The van der Waals surface area contributed by atoms with Crippen molar-refractivity contribution in [3.63, 3.8) is 0 Å². The average molecular weight is 555 g/mol. The first kappa shape index (κ1) is 28.8. The smallest absolute Gasteiger partial charge is 0.259 e. The van der Waals surface area contributed by atoms with Gasteiger partial charge in [-0.1, -0.05) is 31.2 Å². The number of aliphatic hydroxyl groups excluding tert-OH is 1. The number of phenolic OH excluding ortho intramolecular Hbond substituents is 1. The molecule has 1 aromatic heterocycles. The number of carbonyl (C=O) groups is 1. The number of methoxy groups -OCH3 is 2. The van der Waals surface area contributed by atoms with Crippen LogP contribution in [0.15, 0.2) is 59.2 Å². The number of halogens is 2. The summed E-state index contributed by atoms with van der Waals surface area (Å²) in [5.41, 5.74) is 2.39. The molecule has 0 bridgehead atoms. The molecule has 0 saturated heterocycles. The van der Waals surface area contributed by atoms with Crippen molar-refractivity contribution in [1.29, 1.82) is 0 Å². The highest BCUT2D eigenvalue weighted by atomic mass is 19.1. The van der Waals surface area contributed by atoms with Crippen molar-refractivity contribution < 1.29 is 37.7 Å². The van der Waals surface area contributed by atoms with E-state index in [1.54, 1.807) is 6.07 Å². The number of ether oxygens (including phenoxy) is 2. The van der Waals surface area contributed by atoms with Crippen molar-refractivity contribution in [1.82, 2.24) is 10.6 Å². The van der Waals surface area contributed by atoms with Crippen molar-refractivity contribution in [2.75, 3.05) is 20.8 Å². The van der Waals surface area contributed by atoms with Crippen LogP contribution in [0, 0.1) is 11.6 Å². The number of aliphatic hydroxyl groups is 1. The third kappa shape index (κ3) is 6.35. The van der Waals surface area contributed by atoms with Crippen LogP contribution in [0.1, 0.15) is 34.0 Å². The molecule has 4 rings (SSSR count). The molecule has 0 fully saturated rings. The standard InChI is InChI=1S/C30H32F2N2O6/c1-4-17-6-5-7-18(10-17)15-33-16-24(35)23(13-19-11-20(31)14-21(32)12-19)34-30(37)25-26(36)29(39-3)28-22(8-9-40-28)27(25)38-2/h5-12,14,23-24,33,35-36H,4,13,15-16H2,1-3H3,(H,34,37)/t23-,24-/m0/s1. The van der Waals surface area contributed by atoms with Gasteiger partial charge in [-0.3, -0.25) is 4.79 Å². The molecule has 4 aromatic rings. The zero-order valence-electron chi connectivity index (χ0n) is 22.5. The Balaban J connectivity index is 1.60. The van der Waals surface area contributed by atoms with Crippen LogP contribution in [0.4, 0.5) is 8.78 Å². The van der Waals surface area contributed by atoms with Gasteiger partial charge in [-0.15, -0.1) is 0 Å². The van der Waals surface area contributed by atoms with E-state index in [1.165, 1.54) is 26.0 Å². The van der Waals surface area contributed by atoms with Crippen LogP contribution >= 0.6 is 0 Å². The minimum Gasteiger partial charge on any atom is -0.504 e. The first-order valence-electron chi connectivity index (χ1n) is 12.8. The minimum atomic E-state index is -1.17. The number of fused-ring (bicyclic) bond motifs is 1. The lowest BCUT2D eigenvalue weighted by atomic mass is 9.99. The highest BCUT2D eigenvalue weighted by molar-refractivity contribution is 6.08. The number of hydrogen-bond donors (Lipinski definition) is 4. The molecule has 4 N–H and O–H groups in total. The van der Waals surface area contributed by atoms with Crippen LogP contribution in [0.25, 0.3) is 11.0 Å². The Labute approximate surface area is 230 Å². The van der Waals surface area contributed by atoms with Gasteiger partial charge >= 0.3 is 0 Å². The summed E-state index contributed by atoms with van der Waals surface area (Å²) in [6, 6.07) is 11.6. The third-order valence-corrected chi connectivity index (χ3v) is 6.67. The van der Waals surface area contributed by atoms with E-state index in [4.69, 9.17) is 13.9 Å². The Morgan fingerprint density at radius 2 is 1.70 bits per heavy atom. The molecule has 0 aliphatic carbocycles. The van der Waals surface area contributed by atoms with E-state index in [0.717, 1.165) is 30.2 Å². The molecule has 1 heterocycles. The summed E-state index contributed by atoms with van der Waals surface area (Å²) in [4.78, 5) is 13.6. The van der Waals surface area contributed by atoms with Gasteiger partial charge in [-0.25, -0.2) is 8.78 Å². The molecule has 0 spiro atoms. The van der Waals surface area contributed by atoms with E-state index in [0.29, 0.717) is 11.9 Å². The second kappa shape index (κ2) is 12.8. The van der Waals surface area contributed by atoms with E-state index >= 15 is 0 Å². The lowest BCUT2D eigenvalue weighted by Gasteiger charge is -2.26. The number of rotatable bonds is 12. The number of hydrogen-bond acceptors (Lipinski definition) is 7. The van der Waals surface area contributed by atoms with Gasteiger partial charge in [-0.05, 0) is 47.7 Å². The second-order valence-corrected chi connectivity index (χ2v) is 9.39. The van der Waals surface area contributed by atoms with E-state index < -0.39 is 35.4 Å². The van der Waals surface area contributed by atoms with Crippen LogP contribution in [0.2, 0.25) is 0 Å². The molecule has 3 aromatic carbocycles. The maximum atomic E-state index is 13.9. The Bertz CT molecular complexity index is 1470. The number of carbonyl (C=O) groups excluding carboxylic acids is 1. The van der Waals surface area contributed by atoms with Crippen LogP contribution in [0.5, 0.6) is 17.2 Å². The van der Waals surface area contributed by atoms with Crippen LogP contribution < -0.4 is 20.1 Å². The minimum absolute atomic E-state index is 0.0403. The second-order valence-electron chi connectivity index (χ2n) is 9.39. The quantitative estimate of drug-likeness (QED) is 0.204. The number of furan rings is 1. The molecule has 40 heavy (non-hydrogen) atoms. The number of benzene rings is 3. The van der Waals surface area contributed by atoms with Crippen molar-refractivity contribution >= 4 is 16.9 Å². The molecule has 0 radical (unpaired) electrons. The molecular formula is C30H32F2N2O6. The predicted octanol–water partition coefficient (Wildman–Crippen LogP) is 4.49. The summed E-state index contributed by atoms with van der Waals surface area (Å²) >= 11 is 0.